The molecule has 1 amide bonds. The second-order valence-corrected chi connectivity index (χ2v) is 8.44. The molecule has 2 N–H and O–H groups in total. The Bertz CT molecular complexity index is 513. The first-order valence-corrected chi connectivity index (χ1v) is 9.09. The topological polar surface area (TPSA) is 49.3 Å². The van der Waals surface area contributed by atoms with Crippen LogP contribution in [0.15, 0.2) is 24.3 Å². The van der Waals surface area contributed by atoms with Crippen LogP contribution < -0.4 is 5.32 Å². The van der Waals surface area contributed by atoms with Gasteiger partial charge in [0.25, 0.3) is 5.91 Å². The lowest BCUT2D eigenvalue weighted by molar-refractivity contribution is -0.141. The van der Waals surface area contributed by atoms with Crippen LogP contribution in [-0.4, -0.2) is 28.1 Å². The van der Waals surface area contributed by atoms with Gasteiger partial charge in [-0.3, -0.25) is 4.79 Å². The smallest absolute Gasteiger partial charge is 0.252 e. The summed E-state index contributed by atoms with van der Waals surface area (Å²) in [5.74, 6) is 1.46. The SMILES string of the molecule is CC(NC(=O)C1(O)CCSCC1)c1ccc(C(C)(C)C)cc1. The summed E-state index contributed by atoms with van der Waals surface area (Å²) in [5.41, 5.74) is 1.28. The first-order chi connectivity index (χ1) is 10.2. The van der Waals surface area contributed by atoms with Gasteiger partial charge in [0.1, 0.15) is 5.60 Å². The predicted molar refractivity (Wildman–Crippen MR) is 93.2 cm³/mol. The number of rotatable bonds is 3. The van der Waals surface area contributed by atoms with Crippen LogP contribution in [0.4, 0.5) is 0 Å². The fourth-order valence-electron chi connectivity index (χ4n) is 2.62. The van der Waals surface area contributed by atoms with Gasteiger partial charge in [0.2, 0.25) is 0 Å². The Morgan fingerprint density at radius 1 is 1.23 bits per heavy atom. The largest absolute Gasteiger partial charge is 0.380 e. The number of nitrogens with one attached hydrogen (secondary N) is 1. The Labute approximate surface area is 137 Å². The van der Waals surface area contributed by atoms with Crippen LogP contribution in [0.25, 0.3) is 0 Å². The van der Waals surface area contributed by atoms with Crippen LogP contribution in [-0.2, 0) is 10.2 Å². The second-order valence-electron chi connectivity index (χ2n) is 7.21. The Morgan fingerprint density at radius 2 is 1.77 bits per heavy atom. The van der Waals surface area contributed by atoms with Gasteiger partial charge >= 0.3 is 0 Å². The summed E-state index contributed by atoms with van der Waals surface area (Å²) in [5, 5.41) is 13.4. The zero-order chi connectivity index (χ0) is 16.4. The molecule has 1 fully saturated rings. The molecule has 0 aliphatic carbocycles. The molecule has 0 spiro atoms. The minimum atomic E-state index is -1.19. The fraction of sp³-hybridized carbons (Fsp3) is 0.611. The van der Waals surface area contributed by atoms with E-state index in [-0.39, 0.29) is 17.4 Å². The summed E-state index contributed by atoms with van der Waals surface area (Å²) in [4.78, 5) is 12.4. The zero-order valence-electron chi connectivity index (χ0n) is 14.0. The minimum absolute atomic E-state index is 0.0971. The molecular weight excluding hydrogens is 294 g/mol. The average molecular weight is 321 g/mol. The van der Waals surface area contributed by atoms with Crippen LogP contribution in [0.1, 0.15) is 57.7 Å². The number of benzene rings is 1. The van der Waals surface area contributed by atoms with Gasteiger partial charge in [0.05, 0.1) is 6.04 Å². The van der Waals surface area contributed by atoms with Gasteiger partial charge in [-0.15, -0.1) is 0 Å². The molecule has 1 aromatic rings. The Balaban J connectivity index is 2.02. The monoisotopic (exact) mass is 321 g/mol. The van der Waals surface area contributed by atoms with Crippen molar-refractivity contribution in [2.45, 2.75) is 57.6 Å². The molecule has 0 bridgehead atoms. The highest BCUT2D eigenvalue weighted by Gasteiger charge is 2.37. The van der Waals surface area contributed by atoms with Crippen LogP contribution in [0.3, 0.4) is 0 Å². The van der Waals surface area contributed by atoms with E-state index in [0.29, 0.717) is 12.8 Å². The molecular formula is C18H27NO2S. The maximum Gasteiger partial charge on any atom is 0.252 e. The summed E-state index contributed by atoms with van der Waals surface area (Å²) in [6.45, 7) is 8.52. The van der Waals surface area contributed by atoms with Crippen molar-refractivity contribution in [1.29, 1.82) is 0 Å². The molecule has 4 heteroatoms. The van der Waals surface area contributed by atoms with E-state index in [9.17, 15) is 9.90 Å². The number of hydrogen-bond acceptors (Lipinski definition) is 3. The quantitative estimate of drug-likeness (QED) is 0.897. The summed E-state index contributed by atoms with van der Waals surface area (Å²) in [7, 11) is 0. The molecule has 22 heavy (non-hydrogen) atoms. The number of amides is 1. The Kier molecular flexibility index (Phi) is 5.23. The molecule has 0 aromatic heterocycles. The number of carbonyl (C=O) groups excluding carboxylic acids is 1. The van der Waals surface area contributed by atoms with Crippen molar-refractivity contribution in [1.82, 2.24) is 5.32 Å². The highest BCUT2D eigenvalue weighted by atomic mass is 32.2. The van der Waals surface area contributed by atoms with E-state index >= 15 is 0 Å². The van der Waals surface area contributed by atoms with E-state index in [4.69, 9.17) is 0 Å². The lowest BCUT2D eigenvalue weighted by Gasteiger charge is -2.31. The minimum Gasteiger partial charge on any atom is -0.380 e. The molecule has 1 unspecified atom stereocenters. The predicted octanol–water partition coefficient (Wildman–Crippen LogP) is 3.42. The molecule has 1 heterocycles. The van der Waals surface area contributed by atoms with E-state index in [2.05, 4.69) is 50.4 Å². The average Bonchev–Trinajstić information content (AvgIpc) is 2.47. The fourth-order valence-corrected chi connectivity index (χ4v) is 3.79. The van der Waals surface area contributed by atoms with Gasteiger partial charge in [0.15, 0.2) is 0 Å². The number of carbonyl (C=O) groups is 1. The highest BCUT2D eigenvalue weighted by Crippen LogP contribution is 2.28. The summed E-state index contributed by atoms with van der Waals surface area (Å²) >= 11 is 1.79. The molecule has 122 valence electrons. The first kappa shape index (κ1) is 17.4. The summed E-state index contributed by atoms with van der Waals surface area (Å²) in [6, 6.07) is 8.26. The van der Waals surface area contributed by atoms with Crippen molar-refractivity contribution in [2.24, 2.45) is 0 Å². The molecule has 1 atom stereocenters. The maximum atomic E-state index is 12.4. The van der Waals surface area contributed by atoms with Crippen LogP contribution in [0.5, 0.6) is 0 Å². The van der Waals surface area contributed by atoms with E-state index < -0.39 is 5.60 Å². The molecule has 2 rings (SSSR count). The standard InChI is InChI=1S/C18H27NO2S/c1-13(14-5-7-15(8-6-14)17(2,3)4)19-16(20)18(21)9-11-22-12-10-18/h5-8,13,21H,9-12H2,1-4H3,(H,19,20). The lowest BCUT2D eigenvalue weighted by Crippen LogP contribution is -2.49. The van der Waals surface area contributed by atoms with E-state index in [1.807, 2.05) is 6.92 Å². The molecule has 1 aliphatic rings. The molecule has 3 nitrogen and oxygen atoms in total. The van der Waals surface area contributed by atoms with Gasteiger partial charge in [-0.1, -0.05) is 45.0 Å². The number of thioether (sulfide) groups is 1. The van der Waals surface area contributed by atoms with Gasteiger partial charge in [-0.05, 0) is 47.8 Å². The lowest BCUT2D eigenvalue weighted by atomic mass is 9.86. The molecule has 1 saturated heterocycles. The first-order valence-electron chi connectivity index (χ1n) is 7.94. The Hall–Kier alpha value is -1.00. The van der Waals surface area contributed by atoms with Crippen molar-refractivity contribution in [3.05, 3.63) is 35.4 Å². The van der Waals surface area contributed by atoms with Gasteiger partial charge in [0, 0.05) is 0 Å². The van der Waals surface area contributed by atoms with E-state index in [0.717, 1.165) is 17.1 Å². The molecule has 1 aliphatic heterocycles. The van der Waals surface area contributed by atoms with Gasteiger partial charge in [-0.25, -0.2) is 0 Å². The third kappa shape index (κ3) is 4.05. The second kappa shape index (κ2) is 6.63. The van der Waals surface area contributed by atoms with Gasteiger partial charge in [-0.2, -0.15) is 11.8 Å². The van der Waals surface area contributed by atoms with Crippen molar-refractivity contribution in [3.63, 3.8) is 0 Å². The van der Waals surface area contributed by atoms with E-state index in [1.165, 1.54) is 5.56 Å². The number of hydrogen-bond donors (Lipinski definition) is 2. The van der Waals surface area contributed by atoms with Crippen molar-refractivity contribution in [3.8, 4) is 0 Å². The molecule has 0 saturated carbocycles. The van der Waals surface area contributed by atoms with E-state index in [1.54, 1.807) is 11.8 Å². The molecule has 0 radical (unpaired) electrons. The van der Waals surface area contributed by atoms with Crippen molar-refractivity contribution in [2.75, 3.05) is 11.5 Å². The van der Waals surface area contributed by atoms with Crippen molar-refractivity contribution >= 4 is 17.7 Å². The third-order valence-electron chi connectivity index (χ3n) is 4.37. The highest BCUT2D eigenvalue weighted by molar-refractivity contribution is 7.99. The van der Waals surface area contributed by atoms with Crippen LogP contribution in [0, 0.1) is 0 Å². The normalized spacial score (nSPS) is 19.5. The third-order valence-corrected chi connectivity index (χ3v) is 5.35. The summed E-state index contributed by atoms with van der Waals surface area (Å²) < 4.78 is 0. The van der Waals surface area contributed by atoms with Crippen molar-refractivity contribution < 1.29 is 9.90 Å². The maximum absolute atomic E-state index is 12.4. The number of aliphatic hydroxyl groups is 1. The van der Waals surface area contributed by atoms with Gasteiger partial charge < -0.3 is 10.4 Å². The summed E-state index contributed by atoms with van der Waals surface area (Å²) in [6.07, 6.45) is 1.08. The van der Waals surface area contributed by atoms with Crippen LogP contribution >= 0.6 is 11.8 Å². The Morgan fingerprint density at radius 3 is 2.27 bits per heavy atom. The van der Waals surface area contributed by atoms with Crippen LogP contribution in [0.2, 0.25) is 0 Å². The zero-order valence-corrected chi connectivity index (χ0v) is 14.8. The molecule has 1 aromatic carbocycles.